The standard InChI is InChI=1S/C26H22F2IN5O3S/c1-12-22-21(23(32(3)24(12)35)31-19-9-4-14(29)10-18(19)28)25(36)33(16-6-7-16)26(37)34(22)20-11-15(30-13(2)38)5-8-17(20)27/h4-5,8-11,16,31H,6-7H2,1-3H3,(H,30,38). The number of anilines is 3. The third kappa shape index (κ3) is 4.45. The number of aryl methyl sites for hydroxylation is 1. The number of hydrogen-bond acceptors (Lipinski definition) is 5. The summed E-state index contributed by atoms with van der Waals surface area (Å²) in [4.78, 5) is 41.4. The van der Waals surface area contributed by atoms with Crippen molar-refractivity contribution in [3.63, 3.8) is 0 Å². The van der Waals surface area contributed by atoms with Crippen LogP contribution in [0.4, 0.5) is 26.0 Å². The molecule has 1 fully saturated rings. The van der Waals surface area contributed by atoms with Gasteiger partial charge >= 0.3 is 5.69 Å². The zero-order chi connectivity index (χ0) is 27.5. The number of nitrogens with one attached hydrogen (secondary N) is 2. The van der Waals surface area contributed by atoms with Gasteiger partial charge in [-0.15, -0.1) is 0 Å². The first-order chi connectivity index (χ1) is 18.0. The molecule has 2 aromatic heterocycles. The molecule has 1 aliphatic rings. The number of benzene rings is 2. The molecule has 0 unspecified atom stereocenters. The van der Waals surface area contributed by atoms with Crippen LogP contribution in [0.5, 0.6) is 0 Å². The number of rotatable bonds is 5. The van der Waals surface area contributed by atoms with Crippen LogP contribution in [0.1, 0.15) is 31.4 Å². The largest absolute Gasteiger partial charge is 0.350 e. The van der Waals surface area contributed by atoms with Gasteiger partial charge in [-0.1, -0.05) is 12.2 Å². The Hall–Kier alpha value is -3.39. The molecule has 8 nitrogen and oxygen atoms in total. The molecule has 0 bridgehead atoms. The van der Waals surface area contributed by atoms with Gasteiger partial charge in [-0.3, -0.25) is 23.3 Å². The first-order valence-corrected chi connectivity index (χ1v) is 13.2. The van der Waals surface area contributed by atoms with Gasteiger partial charge in [0.25, 0.3) is 11.1 Å². The van der Waals surface area contributed by atoms with Crippen molar-refractivity contribution < 1.29 is 8.78 Å². The molecule has 0 atom stereocenters. The number of thiocarbonyl (C=S) groups is 1. The molecule has 0 saturated heterocycles. The van der Waals surface area contributed by atoms with Gasteiger partial charge in [0, 0.05) is 27.9 Å². The molecule has 0 spiro atoms. The molecule has 1 saturated carbocycles. The van der Waals surface area contributed by atoms with Crippen LogP contribution in [0, 0.1) is 22.1 Å². The molecule has 196 valence electrons. The highest BCUT2D eigenvalue weighted by Crippen LogP contribution is 2.34. The summed E-state index contributed by atoms with van der Waals surface area (Å²) < 4.78 is 34.2. The monoisotopic (exact) mass is 649 g/mol. The van der Waals surface area contributed by atoms with Crippen molar-refractivity contribution in [3.05, 3.63) is 88.4 Å². The van der Waals surface area contributed by atoms with Crippen LogP contribution >= 0.6 is 34.8 Å². The molecule has 2 N–H and O–H groups in total. The number of hydrogen-bond donors (Lipinski definition) is 2. The zero-order valence-corrected chi connectivity index (χ0v) is 23.5. The smallest absolute Gasteiger partial charge is 0.336 e. The molecular weight excluding hydrogens is 627 g/mol. The third-order valence-electron chi connectivity index (χ3n) is 6.45. The van der Waals surface area contributed by atoms with E-state index in [1.807, 2.05) is 22.6 Å². The number of halogens is 3. The molecular formula is C26H22F2IN5O3S. The highest BCUT2D eigenvalue weighted by molar-refractivity contribution is 14.1. The van der Waals surface area contributed by atoms with E-state index in [1.165, 1.54) is 48.9 Å². The van der Waals surface area contributed by atoms with Gasteiger partial charge in [0.05, 0.1) is 21.9 Å². The lowest BCUT2D eigenvalue weighted by Gasteiger charge is -2.21. The van der Waals surface area contributed by atoms with Gasteiger partial charge in [-0.25, -0.2) is 13.6 Å². The van der Waals surface area contributed by atoms with E-state index in [9.17, 15) is 18.8 Å². The summed E-state index contributed by atoms with van der Waals surface area (Å²) >= 11 is 7.07. The van der Waals surface area contributed by atoms with Crippen molar-refractivity contribution in [2.75, 3.05) is 10.6 Å². The topological polar surface area (TPSA) is 90.1 Å². The van der Waals surface area contributed by atoms with E-state index in [4.69, 9.17) is 12.2 Å². The normalized spacial score (nSPS) is 13.1. The Morgan fingerprint density at radius 2 is 1.76 bits per heavy atom. The van der Waals surface area contributed by atoms with Crippen LogP contribution in [0.25, 0.3) is 16.6 Å². The minimum Gasteiger partial charge on any atom is -0.350 e. The predicted octanol–water partition coefficient (Wildman–Crippen LogP) is 4.88. The molecule has 0 radical (unpaired) electrons. The van der Waals surface area contributed by atoms with Crippen LogP contribution in [-0.4, -0.2) is 18.7 Å². The molecule has 1 aliphatic carbocycles. The Bertz CT molecular complexity index is 1840. The Morgan fingerprint density at radius 3 is 2.39 bits per heavy atom. The Kier molecular flexibility index (Phi) is 6.71. The molecule has 0 aliphatic heterocycles. The van der Waals surface area contributed by atoms with Crippen molar-refractivity contribution >= 4 is 67.9 Å². The molecule has 4 aromatic rings. The van der Waals surface area contributed by atoms with Crippen LogP contribution in [-0.2, 0) is 7.05 Å². The molecule has 2 heterocycles. The lowest BCUT2D eigenvalue weighted by atomic mass is 10.1. The first-order valence-electron chi connectivity index (χ1n) is 11.7. The Labute approximate surface area is 234 Å². The summed E-state index contributed by atoms with van der Waals surface area (Å²) in [6.07, 6.45) is 1.21. The highest BCUT2D eigenvalue weighted by Gasteiger charge is 2.32. The summed E-state index contributed by atoms with van der Waals surface area (Å²) in [7, 11) is 1.45. The molecule has 0 amide bonds. The second kappa shape index (κ2) is 9.73. The number of nitrogens with zero attached hydrogens (tertiary/aromatic N) is 3. The maximum atomic E-state index is 15.3. The van der Waals surface area contributed by atoms with Crippen molar-refractivity contribution in [2.24, 2.45) is 7.05 Å². The van der Waals surface area contributed by atoms with Crippen LogP contribution in [0.15, 0.2) is 50.8 Å². The number of fused-ring (bicyclic) bond motifs is 1. The van der Waals surface area contributed by atoms with Gasteiger partial charge < -0.3 is 10.6 Å². The van der Waals surface area contributed by atoms with E-state index < -0.39 is 28.4 Å². The Balaban J connectivity index is 1.93. The minimum absolute atomic E-state index is 0.00622. The fraction of sp³-hybridized carbons (Fsp3) is 0.231. The highest BCUT2D eigenvalue weighted by atomic mass is 127. The SMILES string of the molecule is CC(=S)Nc1ccc(F)c(-n2c(=O)n(C3CC3)c(=O)c3c(Nc4ccc(I)cc4F)n(C)c(=O)c(C)c32)c1. The second-order valence-corrected chi connectivity index (χ2v) is 11.0. The van der Waals surface area contributed by atoms with Crippen molar-refractivity contribution in [2.45, 2.75) is 32.7 Å². The van der Waals surface area contributed by atoms with E-state index in [2.05, 4.69) is 10.6 Å². The van der Waals surface area contributed by atoms with Crippen LogP contribution in [0.2, 0.25) is 0 Å². The molecule has 2 aromatic carbocycles. The van der Waals surface area contributed by atoms with E-state index >= 15 is 4.39 Å². The summed E-state index contributed by atoms with van der Waals surface area (Å²) in [6.45, 7) is 3.13. The van der Waals surface area contributed by atoms with E-state index in [-0.39, 0.29) is 39.7 Å². The number of aromatic nitrogens is 3. The quantitative estimate of drug-likeness (QED) is 0.237. The van der Waals surface area contributed by atoms with Crippen molar-refractivity contribution in [3.8, 4) is 5.69 Å². The van der Waals surface area contributed by atoms with Gasteiger partial charge in [0.1, 0.15) is 22.8 Å². The summed E-state index contributed by atoms with van der Waals surface area (Å²) in [5.41, 5.74) is -1.61. The summed E-state index contributed by atoms with van der Waals surface area (Å²) in [5.74, 6) is -1.33. The molecule has 5 rings (SSSR count). The van der Waals surface area contributed by atoms with Crippen molar-refractivity contribution in [1.82, 2.24) is 13.7 Å². The molecule has 12 heteroatoms. The van der Waals surface area contributed by atoms with Gasteiger partial charge in [-0.05, 0) is 85.7 Å². The van der Waals surface area contributed by atoms with E-state index in [1.54, 1.807) is 13.0 Å². The maximum Gasteiger partial charge on any atom is 0.336 e. The molecule has 38 heavy (non-hydrogen) atoms. The average molecular weight is 649 g/mol. The fourth-order valence-corrected chi connectivity index (χ4v) is 5.09. The second-order valence-electron chi connectivity index (χ2n) is 9.18. The third-order valence-corrected chi connectivity index (χ3v) is 7.22. The summed E-state index contributed by atoms with van der Waals surface area (Å²) in [6, 6.07) is 8.15. The van der Waals surface area contributed by atoms with E-state index in [0.717, 1.165) is 9.13 Å². The number of pyridine rings is 1. The maximum absolute atomic E-state index is 15.3. The minimum atomic E-state index is -0.761. The lowest BCUT2D eigenvalue weighted by molar-refractivity contribution is 0.600. The van der Waals surface area contributed by atoms with Crippen LogP contribution < -0.4 is 27.4 Å². The average Bonchev–Trinajstić information content (AvgIpc) is 3.68. The van der Waals surface area contributed by atoms with Gasteiger partial charge in [0.15, 0.2) is 0 Å². The summed E-state index contributed by atoms with van der Waals surface area (Å²) in [5, 5.41) is 5.78. The van der Waals surface area contributed by atoms with Gasteiger partial charge in [0.2, 0.25) is 0 Å². The first kappa shape index (κ1) is 26.2. The van der Waals surface area contributed by atoms with Crippen molar-refractivity contribution in [1.29, 1.82) is 0 Å². The fourth-order valence-electron chi connectivity index (χ4n) is 4.52. The van der Waals surface area contributed by atoms with Crippen LogP contribution in [0.3, 0.4) is 0 Å². The lowest BCUT2D eigenvalue weighted by Crippen LogP contribution is -2.41. The van der Waals surface area contributed by atoms with E-state index in [0.29, 0.717) is 27.1 Å². The Morgan fingerprint density at radius 1 is 1.05 bits per heavy atom. The predicted molar refractivity (Wildman–Crippen MR) is 156 cm³/mol. The van der Waals surface area contributed by atoms with Gasteiger partial charge in [-0.2, -0.15) is 0 Å². The zero-order valence-electron chi connectivity index (χ0n) is 20.6.